The largest absolute Gasteiger partial charge is 0.330 e. The van der Waals surface area contributed by atoms with E-state index in [4.69, 9.17) is 17.3 Å². The molecule has 0 radical (unpaired) electrons. The summed E-state index contributed by atoms with van der Waals surface area (Å²) in [5.74, 6) is 0. The Labute approximate surface area is 119 Å². The Balaban J connectivity index is 2.36. The standard InChI is InChI=1S/C13H19ClN2O2S/c1-10-3-4-11(14)7-12(10)19(17,18)16-6-5-13(2,8-15)9-16/h3-4,7H,5-6,8-9,15H2,1-2H3. The van der Waals surface area contributed by atoms with Crippen LogP contribution in [0.5, 0.6) is 0 Å². The summed E-state index contributed by atoms with van der Waals surface area (Å²) < 4.78 is 26.8. The zero-order valence-electron chi connectivity index (χ0n) is 11.2. The smallest absolute Gasteiger partial charge is 0.243 e. The summed E-state index contributed by atoms with van der Waals surface area (Å²) in [6.45, 7) is 5.28. The second-order valence-corrected chi connectivity index (χ2v) is 7.86. The van der Waals surface area contributed by atoms with E-state index in [1.54, 1.807) is 19.1 Å². The minimum absolute atomic E-state index is 0.125. The van der Waals surface area contributed by atoms with E-state index in [9.17, 15) is 8.42 Å². The van der Waals surface area contributed by atoms with Gasteiger partial charge in [0.2, 0.25) is 10.0 Å². The average Bonchev–Trinajstić information content (AvgIpc) is 2.76. The molecule has 1 fully saturated rings. The monoisotopic (exact) mass is 302 g/mol. The molecular weight excluding hydrogens is 284 g/mol. The molecule has 6 heteroatoms. The van der Waals surface area contributed by atoms with Crippen molar-refractivity contribution >= 4 is 21.6 Å². The second kappa shape index (κ2) is 5.05. The highest BCUT2D eigenvalue weighted by Crippen LogP contribution is 2.33. The molecule has 1 aromatic rings. The molecule has 0 aliphatic carbocycles. The maximum absolute atomic E-state index is 12.6. The summed E-state index contributed by atoms with van der Waals surface area (Å²) in [4.78, 5) is 0.293. The molecule has 1 unspecified atom stereocenters. The topological polar surface area (TPSA) is 63.4 Å². The third-order valence-corrected chi connectivity index (χ3v) is 6.01. The number of nitrogens with zero attached hydrogens (tertiary/aromatic N) is 1. The Morgan fingerprint density at radius 3 is 2.74 bits per heavy atom. The molecular formula is C13H19ClN2O2S. The van der Waals surface area contributed by atoms with Gasteiger partial charge in [0, 0.05) is 18.1 Å². The molecule has 2 N–H and O–H groups in total. The summed E-state index contributed by atoms with van der Waals surface area (Å²) in [6, 6.07) is 4.95. The zero-order chi connectivity index (χ0) is 14.3. The first-order valence-corrected chi connectivity index (χ1v) is 8.07. The second-order valence-electron chi connectivity index (χ2n) is 5.51. The van der Waals surface area contributed by atoms with Crippen LogP contribution in [0.25, 0.3) is 0 Å². The van der Waals surface area contributed by atoms with Gasteiger partial charge in [-0.1, -0.05) is 24.6 Å². The summed E-state index contributed by atoms with van der Waals surface area (Å²) in [5, 5.41) is 0.435. The maximum atomic E-state index is 12.6. The van der Waals surface area contributed by atoms with Crippen LogP contribution in [0.1, 0.15) is 18.9 Å². The van der Waals surface area contributed by atoms with Crippen LogP contribution < -0.4 is 5.73 Å². The van der Waals surface area contributed by atoms with E-state index >= 15 is 0 Å². The highest BCUT2D eigenvalue weighted by Gasteiger charge is 2.39. The third kappa shape index (κ3) is 2.79. The lowest BCUT2D eigenvalue weighted by molar-refractivity contribution is 0.349. The van der Waals surface area contributed by atoms with Crippen molar-refractivity contribution in [1.29, 1.82) is 0 Å². The molecule has 0 saturated carbocycles. The fourth-order valence-corrected chi connectivity index (χ4v) is 4.42. The van der Waals surface area contributed by atoms with Crippen LogP contribution in [0.4, 0.5) is 0 Å². The van der Waals surface area contributed by atoms with Gasteiger partial charge in [0.1, 0.15) is 0 Å². The molecule has 0 aromatic heterocycles. The van der Waals surface area contributed by atoms with Crippen LogP contribution in [0.3, 0.4) is 0 Å². The molecule has 19 heavy (non-hydrogen) atoms. The van der Waals surface area contributed by atoms with Crippen LogP contribution in [-0.4, -0.2) is 32.4 Å². The quantitative estimate of drug-likeness (QED) is 0.929. The zero-order valence-corrected chi connectivity index (χ0v) is 12.8. The lowest BCUT2D eigenvalue weighted by Crippen LogP contribution is -2.34. The Morgan fingerprint density at radius 2 is 2.16 bits per heavy atom. The fraction of sp³-hybridized carbons (Fsp3) is 0.538. The van der Waals surface area contributed by atoms with E-state index in [1.165, 1.54) is 10.4 Å². The lowest BCUT2D eigenvalue weighted by Gasteiger charge is -2.23. The summed E-state index contributed by atoms with van der Waals surface area (Å²) in [5.41, 5.74) is 6.31. The van der Waals surface area contributed by atoms with Gasteiger partial charge >= 0.3 is 0 Å². The van der Waals surface area contributed by atoms with Gasteiger partial charge < -0.3 is 5.73 Å². The van der Waals surface area contributed by atoms with E-state index in [1.807, 2.05) is 6.92 Å². The number of benzene rings is 1. The van der Waals surface area contributed by atoms with Gasteiger partial charge in [0.15, 0.2) is 0 Å². The van der Waals surface area contributed by atoms with Gasteiger partial charge in [0.25, 0.3) is 0 Å². The molecule has 1 aliphatic rings. The predicted molar refractivity (Wildman–Crippen MR) is 76.7 cm³/mol. The van der Waals surface area contributed by atoms with Crippen molar-refractivity contribution in [3.8, 4) is 0 Å². The van der Waals surface area contributed by atoms with Crippen molar-refractivity contribution in [3.05, 3.63) is 28.8 Å². The van der Waals surface area contributed by atoms with E-state index in [0.717, 1.165) is 6.42 Å². The Hall–Kier alpha value is -0.620. The third-order valence-electron chi connectivity index (χ3n) is 3.78. The predicted octanol–water partition coefficient (Wildman–Crippen LogP) is 2.01. The van der Waals surface area contributed by atoms with Crippen LogP contribution in [0.15, 0.2) is 23.1 Å². The van der Waals surface area contributed by atoms with Gasteiger partial charge in [-0.3, -0.25) is 0 Å². The first-order valence-electron chi connectivity index (χ1n) is 6.25. The van der Waals surface area contributed by atoms with Crippen molar-refractivity contribution in [2.75, 3.05) is 19.6 Å². The Bertz CT molecular complexity index is 588. The number of halogens is 1. The molecule has 1 aliphatic heterocycles. The van der Waals surface area contributed by atoms with E-state index < -0.39 is 10.0 Å². The van der Waals surface area contributed by atoms with Crippen LogP contribution >= 0.6 is 11.6 Å². The van der Waals surface area contributed by atoms with Crippen molar-refractivity contribution in [2.45, 2.75) is 25.2 Å². The SMILES string of the molecule is Cc1ccc(Cl)cc1S(=O)(=O)N1CCC(C)(CN)C1. The van der Waals surface area contributed by atoms with Crippen LogP contribution in [0.2, 0.25) is 5.02 Å². The number of hydrogen-bond donors (Lipinski definition) is 1. The van der Waals surface area contributed by atoms with Crippen molar-refractivity contribution in [1.82, 2.24) is 4.31 Å². The molecule has 0 bridgehead atoms. The Morgan fingerprint density at radius 1 is 1.47 bits per heavy atom. The summed E-state index contributed by atoms with van der Waals surface area (Å²) in [6.07, 6.45) is 0.794. The van der Waals surface area contributed by atoms with Crippen LogP contribution in [-0.2, 0) is 10.0 Å². The van der Waals surface area contributed by atoms with Crippen molar-refractivity contribution in [3.63, 3.8) is 0 Å². The molecule has 1 aromatic carbocycles. The highest BCUT2D eigenvalue weighted by atomic mass is 35.5. The molecule has 1 heterocycles. The maximum Gasteiger partial charge on any atom is 0.243 e. The highest BCUT2D eigenvalue weighted by molar-refractivity contribution is 7.89. The molecule has 1 atom stereocenters. The van der Waals surface area contributed by atoms with Crippen molar-refractivity contribution in [2.24, 2.45) is 11.1 Å². The molecule has 0 amide bonds. The number of sulfonamides is 1. The van der Waals surface area contributed by atoms with E-state index in [0.29, 0.717) is 35.1 Å². The lowest BCUT2D eigenvalue weighted by atomic mass is 9.90. The van der Waals surface area contributed by atoms with Gasteiger partial charge in [-0.15, -0.1) is 0 Å². The molecule has 2 rings (SSSR count). The van der Waals surface area contributed by atoms with Gasteiger partial charge in [-0.2, -0.15) is 4.31 Å². The molecule has 0 spiro atoms. The minimum atomic E-state index is -3.48. The number of nitrogens with two attached hydrogens (primary N) is 1. The van der Waals surface area contributed by atoms with Crippen LogP contribution in [0, 0.1) is 12.3 Å². The number of rotatable bonds is 3. The van der Waals surface area contributed by atoms with Crippen molar-refractivity contribution < 1.29 is 8.42 Å². The van der Waals surface area contributed by atoms with E-state index in [2.05, 4.69) is 0 Å². The first-order chi connectivity index (χ1) is 8.78. The minimum Gasteiger partial charge on any atom is -0.330 e. The molecule has 1 saturated heterocycles. The summed E-state index contributed by atoms with van der Waals surface area (Å²) >= 11 is 5.91. The summed E-state index contributed by atoms with van der Waals surface area (Å²) in [7, 11) is -3.48. The first kappa shape index (κ1) is 14.8. The van der Waals surface area contributed by atoms with Gasteiger partial charge in [0.05, 0.1) is 4.90 Å². The number of hydrogen-bond acceptors (Lipinski definition) is 3. The van der Waals surface area contributed by atoms with Gasteiger partial charge in [-0.05, 0) is 43.0 Å². The number of aryl methyl sites for hydroxylation is 1. The fourth-order valence-electron chi connectivity index (χ4n) is 2.34. The Kier molecular flexibility index (Phi) is 3.93. The molecule has 4 nitrogen and oxygen atoms in total. The normalized spacial score (nSPS) is 24.8. The van der Waals surface area contributed by atoms with Gasteiger partial charge in [-0.25, -0.2) is 8.42 Å². The van der Waals surface area contributed by atoms with E-state index in [-0.39, 0.29) is 5.41 Å². The average molecular weight is 303 g/mol. The molecule has 106 valence electrons.